The minimum Gasteiger partial charge on any atom is -0.508 e. The van der Waals surface area contributed by atoms with E-state index in [4.69, 9.17) is 0 Å². The van der Waals surface area contributed by atoms with E-state index in [9.17, 15) is 10.2 Å². The fourth-order valence-electron chi connectivity index (χ4n) is 2.62. The van der Waals surface area contributed by atoms with Crippen LogP contribution >= 0.6 is 23.5 Å². The molecule has 0 amide bonds. The first kappa shape index (κ1) is 14.8. The Morgan fingerprint density at radius 2 is 1.67 bits per heavy atom. The summed E-state index contributed by atoms with van der Waals surface area (Å²) in [5.41, 5.74) is 1.90. The SMILES string of the molecule is Oc1cccc(C(O)C2(c3ccccc3)SCCCS2)c1. The van der Waals surface area contributed by atoms with Crippen molar-refractivity contribution in [1.29, 1.82) is 0 Å². The topological polar surface area (TPSA) is 40.5 Å². The van der Waals surface area contributed by atoms with E-state index in [1.54, 1.807) is 41.7 Å². The van der Waals surface area contributed by atoms with Crippen LogP contribution in [0.3, 0.4) is 0 Å². The van der Waals surface area contributed by atoms with Crippen molar-refractivity contribution in [2.24, 2.45) is 0 Å². The van der Waals surface area contributed by atoms with E-state index >= 15 is 0 Å². The Kier molecular flexibility index (Phi) is 4.48. The molecule has 21 heavy (non-hydrogen) atoms. The number of aliphatic hydroxyl groups excluding tert-OH is 1. The Morgan fingerprint density at radius 1 is 0.952 bits per heavy atom. The van der Waals surface area contributed by atoms with Crippen LogP contribution in [0.4, 0.5) is 0 Å². The van der Waals surface area contributed by atoms with Gasteiger partial charge >= 0.3 is 0 Å². The molecule has 2 aromatic rings. The first-order valence-electron chi connectivity index (χ1n) is 7.03. The number of phenolic OH excluding ortho intramolecular Hbond substituents is 1. The summed E-state index contributed by atoms with van der Waals surface area (Å²) < 4.78 is -0.396. The van der Waals surface area contributed by atoms with Gasteiger partial charge < -0.3 is 10.2 Å². The van der Waals surface area contributed by atoms with Gasteiger partial charge in [-0.25, -0.2) is 0 Å². The molecule has 0 aromatic heterocycles. The van der Waals surface area contributed by atoms with Crippen LogP contribution < -0.4 is 0 Å². The van der Waals surface area contributed by atoms with Crippen LogP contribution in [0, 0.1) is 0 Å². The second-order valence-electron chi connectivity index (χ2n) is 5.08. The summed E-state index contributed by atoms with van der Waals surface area (Å²) in [5, 5.41) is 20.7. The molecule has 0 saturated carbocycles. The molecule has 0 aliphatic carbocycles. The molecule has 3 rings (SSSR count). The predicted octanol–water partition coefficient (Wildman–Crippen LogP) is 4.15. The van der Waals surface area contributed by atoms with Crippen molar-refractivity contribution >= 4 is 23.5 Å². The molecule has 0 spiro atoms. The Balaban J connectivity index is 2.03. The lowest BCUT2D eigenvalue weighted by Gasteiger charge is -2.40. The molecule has 2 nitrogen and oxygen atoms in total. The van der Waals surface area contributed by atoms with E-state index < -0.39 is 10.2 Å². The van der Waals surface area contributed by atoms with Gasteiger partial charge in [0.15, 0.2) is 0 Å². The van der Waals surface area contributed by atoms with Crippen LogP contribution in [0.5, 0.6) is 5.75 Å². The lowest BCUT2D eigenvalue weighted by Crippen LogP contribution is -2.30. The molecule has 1 aliphatic rings. The number of hydrogen-bond donors (Lipinski definition) is 2. The van der Waals surface area contributed by atoms with Crippen molar-refractivity contribution in [1.82, 2.24) is 0 Å². The van der Waals surface area contributed by atoms with Gasteiger partial charge in [0.2, 0.25) is 0 Å². The maximum absolute atomic E-state index is 11.0. The Hall–Kier alpha value is -1.10. The monoisotopic (exact) mass is 318 g/mol. The highest BCUT2D eigenvalue weighted by atomic mass is 32.2. The normalized spacial score (nSPS) is 19.1. The van der Waals surface area contributed by atoms with Gasteiger partial charge in [0, 0.05) is 0 Å². The zero-order chi connectivity index (χ0) is 14.7. The first-order chi connectivity index (χ1) is 10.2. The molecule has 4 heteroatoms. The van der Waals surface area contributed by atoms with Crippen molar-refractivity contribution in [3.63, 3.8) is 0 Å². The maximum Gasteiger partial charge on any atom is 0.116 e. The molecule has 0 bridgehead atoms. The lowest BCUT2D eigenvalue weighted by molar-refractivity contribution is 0.163. The van der Waals surface area contributed by atoms with Gasteiger partial charge in [0.05, 0.1) is 0 Å². The minimum atomic E-state index is -0.651. The maximum atomic E-state index is 11.0. The molecule has 2 N–H and O–H groups in total. The molecule has 2 aromatic carbocycles. The van der Waals surface area contributed by atoms with E-state index in [1.807, 2.05) is 24.3 Å². The molecule has 0 radical (unpaired) electrons. The second kappa shape index (κ2) is 6.34. The smallest absolute Gasteiger partial charge is 0.116 e. The molecule has 1 aliphatic heterocycles. The Bertz CT molecular complexity index is 595. The quantitative estimate of drug-likeness (QED) is 0.892. The third kappa shape index (κ3) is 2.93. The zero-order valence-electron chi connectivity index (χ0n) is 11.6. The number of hydrogen-bond acceptors (Lipinski definition) is 4. The highest BCUT2D eigenvalue weighted by Crippen LogP contribution is 2.57. The fraction of sp³-hybridized carbons (Fsp3) is 0.294. The Morgan fingerprint density at radius 3 is 2.33 bits per heavy atom. The molecular weight excluding hydrogens is 300 g/mol. The molecule has 1 saturated heterocycles. The van der Waals surface area contributed by atoms with Crippen molar-refractivity contribution in [3.05, 3.63) is 65.7 Å². The summed E-state index contributed by atoms with van der Waals surface area (Å²) in [7, 11) is 0. The fourth-order valence-corrected chi connectivity index (χ4v) is 6.01. The predicted molar refractivity (Wildman–Crippen MR) is 90.7 cm³/mol. The van der Waals surface area contributed by atoms with Crippen LogP contribution in [0.2, 0.25) is 0 Å². The van der Waals surface area contributed by atoms with E-state index in [1.165, 1.54) is 0 Å². The number of aliphatic hydroxyl groups is 1. The molecule has 1 unspecified atom stereocenters. The second-order valence-corrected chi connectivity index (χ2v) is 8.02. The van der Waals surface area contributed by atoms with Crippen LogP contribution in [-0.2, 0) is 4.08 Å². The summed E-state index contributed by atoms with van der Waals surface area (Å²) in [4.78, 5) is 0. The standard InChI is InChI=1S/C17H18O2S2/c18-15-9-4-6-13(12-15)16(19)17(20-10-5-11-21-17)14-7-2-1-3-8-14/h1-4,6-9,12,16,18-19H,5,10-11H2. The number of phenols is 1. The van der Waals surface area contributed by atoms with E-state index in [0.717, 1.165) is 29.1 Å². The van der Waals surface area contributed by atoms with Gasteiger partial charge in [0.25, 0.3) is 0 Å². The van der Waals surface area contributed by atoms with Crippen molar-refractivity contribution in [2.75, 3.05) is 11.5 Å². The molecule has 1 fully saturated rings. The molecule has 1 atom stereocenters. The highest BCUT2D eigenvalue weighted by molar-refractivity contribution is 8.18. The van der Waals surface area contributed by atoms with Gasteiger partial charge in [-0.2, -0.15) is 0 Å². The summed E-state index contributed by atoms with van der Waals surface area (Å²) in [6.07, 6.45) is 0.513. The summed E-state index contributed by atoms with van der Waals surface area (Å²) in [6, 6.07) is 17.1. The summed E-state index contributed by atoms with van der Waals surface area (Å²) in [6.45, 7) is 0. The zero-order valence-corrected chi connectivity index (χ0v) is 13.2. The molecular formula is C17H18O2S2. The number of aromatic hydroxyl groups is 1. The average molecular weight is 318 g/mol. The van der Waals surface area contributed by atoms with Gasteiger partial charge in [-0.1, -0.05) is 42.5 Å². The van der Waals surface area contributed by atoms with Gasteiger partial charge in [0.1, 0.15) is 15.9 Å². The van der Waals surface area contributed by atoms with E-state index in [-0.39, 0.29) is 5.75 Å². The highest BCUT2D eigenvalue weighted by Gasteiger charge is 2.43. The largest absolute Gasteiger partial charge is 0.508 e. The third-order valence-corrected chi connectivity index (χ3v) is 7.11. The average Bonchev–Trinajstić information content (AvgIpc) is 2.55. The van der Waals surface area contributed by atoms with Gasteiger partial charge in [-0.15, -0.1) is 23.5 Å². The van der Waals surface area contributed by atoms with E-state index in [2.05, 4.69) is 12.1 Å². The van der Waals surface area contributed by atoms with Crippen molar-refractivity contribution < 1.29 is 10.2 Å². The van der Waals surface area contributed by atoms with Crippen molar-refractivity contribution in [3.8, 4) is 5.75 Å². The van der Waals surface area contributed by atoms with Crippen LogP contribution in [0.1, 0.15) is 23.7 Å². The molecule has 110 valence electrons. The van der Waals surface area contributed by atoms with Gasteiger partial charge in [-0.3, -0.25) is 0 Å². The van der Waals surface area contributed by atoms with Crippen LogP contribution in [0.15, 0.2) is 54.6 Å². The Labute approximate surface area is 133 Å². The van der Waals surface area contributed by atoms with Gasteiger partial charge in [-0.05, 0) is 41.2 Å². The first-order valence-corrected chi connectivity index (χ1v) is 9.00. The number of rotatable bonds is 3. The van der Waals surface area contributed by atoms with Crippen LogP contribution in [-0.4, -0.2) is 21.7 Å². The third-order valence-electron chi connectivity index (χ3n) is 3.64. The lowest BCUT2D eigenvalue weighted by atomic mass is 10.00. The van der Waals surface area contributed by atoms with Crippen LogP contribution in [0.25, 0.3) is 0 Å². The number of benzene rings is 2. The van der Waals surface area contributed by atoms with E-state index in [0.29, 0.717) is 0 Å². The molecule has 1 heterocycles. The van der Waals surface area contributed by atoms with Crippen molar-refractivity contribution in [2.45, 2.75) is 16.6 Å². The minimum absolute atomic E-state index is 0.195. The summed E-state index contributed by atoms with van der Waals surface area (Å²) in [5.74, 6) is 2.27. The number of thioether (sulfide) groups is 2. The summed E-state index contributed by atoms with van der Waals surface area (Å²) >= 11 is 3.61.